The number of hydrogen-bond acceptors (Lipinski definition) is 17. The van der Waals surface area contributed by atoms with Crippen LogP contribution in [0.5, 0.6) is 11.5 Å². The molecule has 2 atom stereocenters. The average Bonchev–Trinajstić information content (AvgIpc) is 4.26. The normalized spacial score (nSPS) is 14.8. The van der Waals surface area contributed by atoms with Crippen molar-refractivity contribution in [2.45, 2.75) is 39.9 Å². The Morgan fingerprint density at radius 1 is 0.789 bits per heavy atom. The number of halogens is 5. The summed E-state index contributed by atoms with van der Waals surface area (Å²) in [4.78, 5) is 60.7. The molecule has 2 saturated heterocycles. The quantitative estimate of drug-likeness (QED) is 0.0684. The summed E-state index contributed by atoms with van der Waals surface area (Å²) in [6.45, 7) is 6.76. The topological polar surface area (TPSA) is 213 Å². The van der Waals surface area contributed by atoms with Crippen molar-refractivity contribution in [1.82, 2.24) is 49.7 Å². The number of pyridine rings is 2. The van der Waals surface area contributed by atoms with Gasteiger partial charge in [0, 0.05) is 110 Å². The number of piperazine rings is 2. The summed E-state index contributed by atoms with van der Waals surface area (Å²) < 4.78 is 40.7. The minimum Gasteiger partial charge on any atom is -1.00 e. The molecule has 0 radical (unpaired) electrons. The first kappa shape index (κ1) is 65.0. The molecular weight excluding hydrogens is 1140 g/mol. The number of anilines is 2. The van der Waals surface area contributed by atoms with E-state index in [9.17, 15) is 18.4 Å². The molecule has 2 aliphatic rings. The summed E-state index contributed by atoms with van der Waals surface area (Å²) in [7, 11) is 2.98. The van der Waals surface area contributed by atoms with Crippen molar-refractivity contribution in [2.75, 3.05) is 69.2 Å². The van der Waals surface area contributed by atoms with E-state index in [1.807, 2.05) is 58.7 Å². The van der Waals surface area contributed by atoms with Crippen LogP contribution in [0.25, 0.3) is 43.5 Å². The van der Waals surface area contributed by atoms with Crippen LogP contribution in [-0.2, 0) is 25.8 Å². The second-order valence-corrected chi connectivity index (χ2v) is 18.9. The van der Waals surface area contributed by atoms with Crippen LogP contribution in [-0.4, -0.2) is 139 Å². The van der Waals surface area contributed by atoms with Gasteiger partial charge in [0.2, 0.25) is 11.8 Å². The van der Waals surface area contributed by atoms with E-state index >= 15 is 0 Å². The van der Waals surface area contributed by atoms with Gasteiger partial charge in [0.05, 0.1) is 35.6 Å². The number of carbonyl (C=O) groups is 3. The number of aromatic nitrogens is 8. The molecule has 19 nitrogen and oxygen atoms in total. The molecule has 28 heteroatoms. The van der Waals surface area contributed by atoms with Gasteiger partial charge in [-0.2, -0.15) is 10.2 Å². The molecule has 2 amide bonds. The Labute approximate surface area is 546 Å². The Kier molecular flexibility index (Phi) is 26.8. The molecule has 2 aromatic carbocycles. The van der Waals surface area contributed by atoms with E-state index in [-0.39, 0.29) is 164 Å². The van der Waals surface area contributed by atoms with Gasteiger partial charge in [-0.1, -0.05) is 30.6 Å². The van der Waals surface area contributed by atoms with Crippen LogP contribution in [0.2, 0.25) is 10.0 Å². The molecule has 8 heterocycles. The number of alkyl halides is 1. The Hall–Kier alpha value is -3.49. The monoisotopic (exact) mass is 1190 g/mol. The van der Waals surface area contributed by atoms with Gasteiger partial charge in [0.15, 0.2) is 11.3 Å². The van der Waals surface area contributed by atoms with Crippen molar-refractivity contribution in [3.8, 4) is 32.9 Å². The first-order valence-electron chi connectivity index (χ1n) is 22.1. The van der Waals surface area contributed by atoms with Crippen LogP contribution < -0.4 is 127 Å². The molecule has 0 spiro atoms. The van der Waals surface area contributed by atoms with Crippen molar-refractivity contribution in [3.05, 3.63) is 106 Å². The number of nitrogens with zero attached hydrogens (tertiary/aromatic N) is 11. The van der Waals surface area contributed by atoms with Crippen molar-refractivity contribution in [3.63, 3.8) is 0 Å². The number of benzene rings is 2. The third-order valence-corrected chi connectivity index (χ3v) is 14.0. The molecule has 8 aromatic rings. The SMILES string of the molecule is C.COc1cc(N2CCN(C(=O)CCl)[C@@H](C)C2)c(F)cc1Cl.COc1cc(N2CCN(C(=O)Cn3nc(-c4nccs4)c4cccnc43)[C@@H](C)C2)c(F)cc1Cl.O=CO[O-].[H-].[K+].[K+].c1cnc2n[nH]c(-c3nccs3)c2c1. The number of thiazole rings is 2. The maximum Gasteiger partial charge on any atom is 1.00 e. The number of ether oxygens (including phenoxy) is 2. The number of carbonyl (C=O) groups excluding carboxylic acids is 3. The summed E-state index contributed by atoms with van der Waals surface area (Å²) in [6, 6.07) is 13.2. The largest absolute Gasteiger partial charge is 1.00 e. The van der Waals surface area contributed by atoms with Crippen molar-refractivity contribution >= 4 is 109 Å². The summed E-state index contributed by atoms with van der Waals surface area (Å²) in [6.07, 6.45) is 6.93. The molecule has 1 N–H and O–H groups in total. The van der Waals surface area contributed by atoms with Gasteiger partial charge in [-0.3, -0.25) is 19.5 Å². The van der Waals surface area contributed by atoms with E-state index in [4.69, 9.17) is 54.3 Å². The summed E-state index contributed by atoms with van der Waals surface area (Å²) in [5.74, 6) is -0.168. The van der Waals surface area contributed by atoms with Gasteiger partial charge in [0.1, 0.15) is 57.0 Å². The number of H-pyrrole nitrogens is 1. The fourth-order valence-corrected chi connectivity index (χ4v) is 10.1. The van der Waals surface area contributed by atoms with Crippen LogP contribution in [0.4, 0.5) is 20.2 Å². The molecule has 394 valence electrons. The number of rotatable bonds is 10. The van der Waals surface area contributed by atoms with Crippen LogP contribution in [0.3, 0.4) is 0 Å². The van der Waals surface area contributed by atoms with Gasteiger partial charge in [-0.05, 0) is 50.2 Å². The van der Waals surface area contributed by atoms with Crippen molar-refractivity contribution in [1.29, 1.82) is 0 Å². The zero-order valence-electron chi connectivity index (χ0n) is 42.5. The predicted octanol–water partition coefficient (Wildman–Crippen LogP) is 2.13. The van der Waals surface area contributed by atoms with Crippen LogP contribution >= 0.6 is 57.5 Å². The maximum atomic E-state index is 14.6. The summed E-state index contributed by atoms with van der Waals surface area (Å²) in [5.41, 5.74) is 3.89. The van der Waals surface area contributed by atoms with Crippen molar-refractivity contribution < 1.29 is 147 Å². The van der Waals surface area contributed by atoms with Crippen LogP contribution in [0.1, 0.15) is 22.7 Å². The molecule has 2 fully saturated rings. The fourth-order valence-electron chi connectivity index (χ4n) is 8.20. The van der Waals surface area contributed by atoms with Gasteiger partial charge in [-0.25, -0.2) is 33.4 Å². The zero-order chi connectivity index (χ0) is 52.2. The minimum absolute atomic E-state index is 0. The number of nitrogens with one attached hydrogen (secondary N) is 1. The van der Waals surface area contributed by atoms with E-state index in [1.54, 1.807) is 62.7 Å². The Balaban J connectivity index is 0.000000310. The van der Waals surface area contributed by atoms with Gasteiger partial charge in [-0.15, -0.1) is 34.3 Å². The third kappa shape index (κ3) is 15.9. The number of hydrogen-bond donors (Lipinski definition) is 1. The van der Waals surface area contributed by atoms with Gasteiger partial charge >= 0.3 is 103 Å². The van der Waals surface area contributed by atoms with Crippen LogP contribution in [0.15, 0.2) is 84.1 Å². The van der Waals surface area contributed by atoms with Gasteiger partial charge < -0.3 is 40.6 Å². The number of aromatic amines is 1. The summed E-state index contributed by atoms with van der Waals surface area (Å²) >= 11 is 20.6. The Morgan fingerprint density at radius 3 is 1.79 bits per heavy atom. The Bertz CT molecular complexity index is 3160. The molecular formula is C48H51Cl3F2K2N12O7S2. The molecule has 6 aromatic heterocycles. The summed E-state index contributed by atoms with van der Waals surface area (Å²) in [5, 5.41) is 28.0. The first-order valence-corrected chi connectivity index (χ1v) is 25.2. The zero-order valence-corrected chi connectivity index (χ0v) is 51.6. The molecule has 0 bridgehead atoms. The standard InChI is InChI=1S/C23H22ClFN6O2S.C14H17Cl2FN2O2.C9H6N4S.CH2O3.CH4.2K.H/c1-14-12-29(18-11-19(33-2)16(24)10-17(18)25)7-8-30(14)20(32)13-31-22-15(4-3-5-26-22)21(28-31)23-27-6-9-34-23;1-9-8-18(3-4-19(9)14(20)7-15)12-6-13(21-2)10(16)5-11(12)17;1-2-6-7(9-11-4-5-14-9)12-13-8(6)10-3-1;2-1-4-3;;;;/h3-6,9-11,14H,7-8,12-13H2,1-2H3;5-6,9H,3-4,7-8H2,1-2H3;1-5H,(H,10,12,13);1,3H;1H4;;;/q;;;;;2*+1;-1/p-1/t14-;9-;;;;;;/m00....../s1. The van der Waals surface area contributed by atoms with E-state index in [2.05, 4.69) is 40.1 Å². The molecule has 76 heavy (non-hydrogen) atoms. The second kappa shape index (κ2) is 31.3. The van der Waals surface area contributed by atoms with E-state index in [0.717, 1.165) is 37.8 Å². The first-order chi connectivity index (χ1) is 35.3. The number of methoxy groups -OCH3 is 2. The average molecular weight is 1190 g/mol. The molecule has 2 aliphatic heterocycles. The fraction of sp³-hybridized carbons (Fsp3) is 0.312. The third-order valence-electron chi connectivity index (χ3n) is 11.6. The number of amides is 2. The van der Waals surface area contributed by atoms with Crippen LogP contribution in [0, 0.1) is 11.6 Å². The van der Waals surface area contributed by atoms with E-state index in [1.165, 1.54) is 37.7 Å². The molecule has 0 unspecified atom stereocenters. The molecule has 10 rings (SSSR count). The number of fused-ring (bicyclic) bond motifs is 2. The predicted molar refractivity (Wildman–Crippen MR) is 282 cm³/mol. The van der Waals surface area contributed by atoms with Gasteiger partial charge in [0.25, 0.3) is 6.47 Å². The van der Waals surface area contributed by atoms with E-state index < -0.39 is 11.6 Å². The smallest absolute Gasteiger partial charge is 1.00 e. The van der Waals surface area contributed by atoms with E-state index in [0.29, 0.717) is 67.8 Å². The van der Waals surface area contributed by atoms with Crippen molar-refractivity contribution in [2.24, 2.45) is 0 Å². The second-order valence-electron chi connectivity index (χ2n) is 16.0. The minimum atomic E-state index is -0.415. The molecule has 0 saturated carbocycles. The Morgan fingerprint density at radius 2 is 1.30 bits per heavy atom. The maximum absolute atomic E-state index is 14.6. The molecule has 0 aliphatic carbocycles.